The van der Waals surface area contributed by atoms with Crippen molar-refractivity contribution in [1.29, 1.82) is 0 Å². The van der Waals surface area contributed by atoms with Crippen LogP contribution in [0, 0.1) is 5.92 Å². The van der Waals surface area contributed by atoms with Crippen LogP contribution in [0.1, 0.15) is 60.3 Å². The Morgan fingerprint density at radius 2 is 1.79 bits per heavy atom. The predicted octanol–water partition coefficient (Wildman–Crippen LogP) is 3.07. The molecule has 1 fully saturated rings. The largest absolute Gasteiger partial charge is 0.444 e. The van der Waals surface area contributed by atoms with Crippen LogP contribution in [-0.2, 0) is 4.74 Å². The predicted molar refractivity (Wildman–Crippen MR) is 78.3 cm³/mol. The fourth-order valence-corrected chi connectivity index (χ4v) is 2.29. The highest BCUT2D eigenvalue weighted by Gasteiger charge is 2.31. The van der Waals surface area contributed by atoms with Gasteiger partial charge in [0.1, 0.15) is 5.60 Å². The smallest absolute Gasteiger partial charge is 0.407 e. The first kappa shape index (κ1) is 16.3. The maximum Gasteiger partial charge on any atom is 0.407 e. The highest BCUT2D eigenvalue weighted by Crippen LogP contribution is 2.21. The molecule has 0 aromatic rings. The van der Waals surface area contributed by atoms with E-state index < -0.39 is 5.60 Å². The van der Waals surface area contributed by atoms with E-state index in [0.717, 1.165) is 25.3 Å². The molecule has 0 saturated heterocycles. The Morgan fingerprint density at radius 1 is 1.21 bits per heavy atom. The van der Waals surface area contributed by atoms with Gasteiger partial charge in [0.2, 0.25) is 0 Å². The number of carbonyl (C=O) groups is 1. The summed E-state index contributed by atoms with van der Waals surface area (Å²) < 4.78 is 5.24. The molecule has 0 radical (unpaired) electrons. The SMILES string of the molecule is CCC(CC)CNC1CC(NC(=O)OC(C)(C)C)C1. The fraction of sp³-hybridized carbons (Fsp3) is 0.933. The number of alkyl carbamates (subject to hydrolysis) is 1. The monoisotopic (exact) mass is 270 g/mol. The van der Waals surface area contributed by atoms with E-state index in [1.165, 1.54) is 12.8 Å². The van der Waals surface area contributed by atoms with Crippen molar-refractivity contribution in [1.82, 2.24) is 10.6 Å². The Morgan fingerprint density at radius 3 is 2.26 bits per heavy atom. The number of carbonyl (C=O) groups excluding carboxylic acids is 1. The lowest BCUT2D eigenvalue weighted by molar-refractivity contribution is 0.0464. The minimum absolute atomic E-state index is 0.272. The van der Waals surface area contributed by atoms with Crippen LogP contribution < -0.4 is 10.6 Å². The molecule has 0 aliphatic heterocycles. The van der Waals surface area contributed by atoms with Gasteiger partial charge < -0.3 is 15.4 Å². The third kappa shape index (κ3) is 6.28. The fourth-order valence-electron chi connectivity index (χ4n) is 2.29. The van der Waals surface area contributed by atoms with E-state index >= 15 is 0 Å². The molecule has 0 spiro atoms. The van der Waals surface area contributed by atoms with E-state index in [2.05, 4.69) is 24.5 Å². The van der Waals surface area contributed by atoms with Crippen molar-refractivity contribution in [2.24, 2.45) is 5.92 Å². The van der Waals surface area contributed by atoms with Crippen molar-refractivity contribution in [2.75, 3.05) is 6.54 Å². The lowest BCUT2D eigenvalue weighted by atomic mass is 9.86. The van der Waals surface area contributed by atoms with Crippen LogP contribution in [0.5, 0.6) is 0 Å². The Kier molecular flexibility index (Phi) is 6.11. The molecule has 19 heavy (non-hydrogen) atoms. The molecule has 0 aromatic carbocycles. The van der Waals surface area contributed by atoms with E-state index in [9.17, 15) is 4.79 Å². The van der Waals surface area contributed by atoms with Gasteiger partial charge in [-0.1, -0.05) is 26.7 Å². The number of ether oxygens (including phenoxy) is 1. The van der Waals surface area contributed by atoms with E-state index in [4.69, 9.17) is 4.74 Å². The molecule has 0 atom stereocenters. The zero-order valence-electron chi connectivity index (χ0n) is 13.1. The van der Waals surface area contributed by atoms with Crippen LogP contribution in [-0.4, -0.2) is 30.3 Å². The van der Waals surface area contributed by atoms with Gasteiger partial charge in [0.15, 0.2) is 0 Å². The molecular formula is C15H30N2O2. The first-order valence-corrected chi connectivity index (χ1v) is 7.57. The summed E-state index contributed by atoms with van der Waals surface area (Å²) in [6, 6.07) is 0.828. The lowest BCUT2D eigenvalue weighted by Crippen LogP contribution is -2.53. The number of nitrogens with one attached hydrogen (secondary N) is 2. The van der Waals surface area contributed by atoms with Gasteiger partial charge in [-0.3, -0.25) is 0 Å². The summed E-state index contributed by atoms with van der Waals surface area (Å²) >= 11 is 0. The Labute approximate surface area is 117 Å². The highest BCUT2D eigenvalue weighted by molar-refractivity contribution is 5.68. The van der Waals surface area contributed by atoms with Gasteiger partial charge in [-0.05, 0) is 46.1 Å². The van der Waals surface area contributed by atoms with Crippen LogP contribution >= 0.6 is 0 Å². The standard InChI is InChI=1S/C15H30N2O2/c1-6-11(7-2)10-16-12-8-13(9-12)17-14(18)19-15(3,4)5/h11-13,16H,6-10H2,1-5H3,(H,17,18). The van der Waals surface area contributed by atoms with Crippen molar-refractivity contribution >= 4 is 6.09 Å². The minimum atomic E-state index is -0.416. The summed E-state index contributed by atoms with van der Waals surface area (Å²) in [7, 11) is 0. The van der Waals surface area contributed by atoms with E-state index in [1.807, 2.05) is 20.8 Å². The van der Waals surface area contributed by atoms with E-state index in [0.29, 0.717) is 6.04 Å². The topological polar surface area (TPSA) is 50.4 Å². The molecule has 1 amide bonds. The molecule has 0 heterocycles. The molecule has 2 N–H and O–H groups in total. The van der Waals surface area contributed by atoms with Gasteiger partial charge in [-0.25, -0.2) is 4.79 Å². The summed E-state index contributed by atoms with van der Waals surface area (Å²) in [6.45, 7) is 11.2. The number of hydrogen-bond donors (Lipinski definition) is 2. The quantitative estimate of drug-likeness (QED) is 0.780. The van der Waals surface area contributed by atoms with Crippen LogP contribution in [0.15, 0.2) is 0 Å². The molecule has 4 heteroatoms. The molecule has 112 valence electrons. The molecule has 4 nitrogen and oxygen atoms in total. The summed E-state index contributed by atoms with van der Waals surface area (Å²) in [4.78, 5) is 11.6. The van der Waals surface area contributed by atoms with Gasteiger partial charge in [0.25, 0.3) is 0 Å². The second-order valence-electron chi connectivity index (χ2n) is 6.60. The van der Waals surface area contributed by atoms with Crippen LogP contribution in [0.2, 0.25) is 0 Å². The Balaban J connectivity index is 2.12. The third-order valence-electron chi connectivity index (χ3n) is 3.71. The molecule has 1 aliphatic carbocycles. The van der Waals surface area contributed by atoms with Gasteiger partial charge in [0, 0.05) is 12.1 Å². The maximum atomic E-state index is 11.6. The summed E-state index contributed by atoms with van der Waals surface area (Å²) in [5.41, 5.74) is -0.416. The minimum Gasteiger partial charge on any atom is -0.444 e. The molecule has 0 unspecified atom stereocenters. The van der Waals surface area contributed by atoms with Crippen molar-refractivity contribution in [3.05, 3.63) is 0 Å². The van der Waals surface area contributed by atoms with Gasteiger partial charge in [-0.2, -0.15) is 0 Å². The molecular weight excluding hydrogens is 240 g/mol. The molecule has 0 bridgehead atoms. The van der Waals surface area contributed by atoms with E-state index in [1.54, 1.807) is 0 Å². The van der Waals surface area contributed by atoms with Gasteiger partial charge in [-0.15, -0.1) is 0 Å². The van der Waals surface area contributed by atoms with Crippen molar-refractivity contribution in [3.8, 4) is 0 Å². The third-order valence-corrected chi connectivity index (χ3v) is 3.71. The second-order valence-corrected chi connectivity index (χ2v) is 6.60. The van der Waals surface area contributed by atoms with Crippen LogP contribution in [0.3, 0.4) is 0 Å². The first-order valence-electron chi connectivity index (χ1n) is 7.57. The number of amides is 1. The summed E-state index contributed by atoms with van der Waals surface area (Å²) in [5, 5.41) is 6.50. The zero-order chi connectivity index (χ0) is 14.5. The number of hydrogen-bond acceptors (Lipinski definition) is 3. The normalized spacial score (nSPS) is 23.1. The zero-order valence-corrected chi connectivity index (χ0v) is 13.1. The molecule has 0 aromatic heterocycles. The maximum absolute atomic E-state index is 11.6. The average Bonchev–Trinajstić information content (AvgIpc) is 2.23. The van der Waals surface area contributed by atoms with Crippen LogP contribution in [0.4, 0.5) is 4.79 Å². The second kappa shape index (κ2) is 7.13. The van der Waals surface area contributed by atoms with E-state index in [-0.39, 0.29) is 12.1 Å². The van der Waals surface area contributed by atoms with Crippen LogP contribution in [0.25, 0.3) is 0 Å². The average molecular weight is 270 g/mol. The van der Waals surface area contributed by atoms with Gasteiger partial charge in [0.05, 0.1) is 0 Å². The Hall–Kier alpha value is -0.770. The number of rotatable bonds is 6. The summed E-state index contributed by atoms with van der Waals surface area (Å²) in [6.07, 6.45) is 4.20. The first-order chi connectivity index (χ1) is 8.84. The molecule has 1 saturated carbocycles. The van der Waals surface area contributed by atoms with Crippen molar-refractivity contribution in [3.63, 3.8) is 0 Å². The molecule has 1 rings (SSSR count). The van der Waals surface area contributed by atoms with Crippen molar-refractivity contribution < 1.29 is 9.53 Å². The Bertz CT molecular complexity index is 276. The van der Waals surface area contributed by atoms with Gasteiger partial charge >= 0.3 is 6.09 Å². The van der Waals surface area contributed by atoms with Crippen molar-refractivity contribution in [2.45, 2.75) is 78.0 Å². The molecule has 1 aliphatic rings. The summed E-state index contributed by atoms with van der Waals surface area (Å²) in [5.74, 6) is 0.776. The highest BCUT2D eigenvalue weighted by atomic mass is 16.6. The lowest BCUT2D eigenvalue weighted by Gasteiger charge is -2.37.